The van der Waals surface area contributed by atoms with E-state index in [1.807, 2.05) is 82.3 Å². The molecule has 0 unspecified atom stereocenters. The van der Waals surface area contributed by atoms with E-state index in [0.717, 1.165) is 22.3 Å². The van der Waals surface area contributed by atoms with Gasteiger partial charge in [-0.05, 0) is 72.7 Å². The van der Waals surface area contributed by atoms with Crippen LogP contribution in [0.5, 0.6) is 0 Å². The summed E-state index contributed by atoms with van der Waals surface area (Å²) in [5.74, 6) is -0.212. The van der Waals surface area contributed by atoms with Crippen molar-refractivity contribution in [2.24, 2.45) is 5.92 Å². The van der Waals surface area contributed by atoms with Crippen molar-refractivity contribution in [3.63, 3.8) is 0 Å². The number of nitrogens with zero attached hydrogens (tertiary/aromatic N) is 2. The number of aryl methyl sites for hydroxylation is 2. The van der Waals surface area contributed by atoms with Crippen molar-refractivity contribution in [2.45, 2.75) is 59.5 Å². The summed E-state index contributed by atoms with van der Waals surface area (Å²) in [5, 5.41) is 3.56. The van der Waals surface area contributed by atoms with Crippen LogP contribution in [-0.2, 0) is 32.6 Å². The van der Waals surface area contributed by atoms with Gasteiger partial charge in [-0.25, -0.2) is 8.42 Å². The van der Waals surface area contributed by atoms with E-state index in [4.69, 9.17) is 11.6 Å². The van der Waals surface area contributed by atoms with Gasteiger partial charge in [0.2, 0.25) is 21.8 Å². The van der Waals surface area contributed by atoms with Gasteiger partial charge in [-0.15, -0.1) is 0 Å². The van der Waals surface area contributed by atoms with E-state index < -0.39 is 16.1 Å². The molecule has 0 aromatic heterocycles. The Morgan fingerprint density at radius 1 is 0.905 bits per heavy atom. The molecule has 0 saturated carbocycles. The summed E-state index contributed by atoms with van der Waals surface area (Å²) in [7, 11) is -3.58. The standard InChI is InChI=1S/C33H42ClN3O4S/c1-24(2)22-35-33(39)31(21-27-11-7-6-8-12-27)36(23-28-13-9-14-29(34)20-28)32(38)15-10-18-37(42(5,40)41)30-17-16-25(3)26(4)19-30/h6-9,11-14,16-17,19-20,24,31H,10,15,18,21-23H2,1-5H3,(H,35,39)/t31-/m1/s1. The normalized spacial score (nSPS) is 12.2. The van der Waals surface area contributed by atoms with Gasteiger partial charge in [0.25, 0.3) is 0 Å². The van der Waals surface area contributed by atoms with Gasteiger partial charge in [0, 0.05) is 37.5 Å². The fraction of sp³-hybridized carbons (Fsp3) is 0.394. The Kier molecular flexibility index (Phi) is 12.0. The van der Waals surface area contributed by atoms with Crippen LogP contribution in [0.25, 0.3) is 0 Å². The first-order valence-electron chi connectivity index (χ1n) is 14.3. The van der Waals surface area contributed by atoms with Gasteiger partial charge in [-0.1, -0.05) is 74.0 Å². The fourth-order valence-electron chi connectivity index (χ4n) is 4.69. The number of anilines is 1. The zero-order valence-corrected chi connectivity index (χ0v) is 26.7. The van der Waals surface area contributed by atoms with Crippen LogP contribution in [0.15, 0.2) is 72.8 Å². The minimum absolute atomic E-state index is 0.0696. The van der Waals surface area contributed by atoms with Gasteiger partial charge in [-0.2, -0.15) is 0 Å². The number of hydrogen-bond donors (Lipinski definition) is 1. The van der Waals surface area contributed by atoms with Crippen LogP contribution in [0, 0.1) is 19.8 Å². The third-order valence-electron chi connectivity index (χ3n) is 7.13. The Bertz CT molecular complexity index is 1460. The number of amides is 2. The Balaban J connectivity index is 1.89. The number of carbonyl (C=O) groups excluding carboxylic acids is 2. The van der Waals surface area contributed by atoms with E-state index in [9.17, 15) is 18.0 Å². The quantitative estimate of drug-likeness (QED) is 0.245. The molecule has 2 amide bonds. The molecule has 0 heterocycles. The number of rotatable bonds is 14. The van der Waals surface area contributed by atoms with E-state index in [1.54, 1.807) is 23.1 Å². The van der Waals surface area contributed by atoms with Crippen molar-refractivity contribution in [2.75, 3.05) is 23.7 Å². The largest absolute Gasteiger partial charge is 0.354 e. The predicted octanol–water partition coefficient (Wildman–Crippen LogP) is 5.92. The Hall–Kier alpha value is -3.36. The minimum Gasteiger partial charge on any atom is -0.354 e. The van der Waals surface area contributed by atoms with Crippen LogP contribution in [-0.4, -0.2) is 50.5 Å². The molecule has 0 saturated heterocycles. The zero-order chi connectivity index (χ0) is 30.9. The van der Waals surface area contributed by atoms with Crippen LogP contribution >= 0.6 is 11.6 Å². The van der Waals surface area contributed by atoms with E-state index in [2.05, 4.69) is 5.32 Å². The fourth-order valence-corrected chi connectivity index (χ4v) is 5.86. The van der Waals surface area contributed by atoms with E-state index in [0.29, 0.717) is 23.7 Å². The topological polar surface area (TPSA) is 86.8 Å². The van der Waals surface area contributed by atoms with Crippen LogP contribution in [0.1, 0.15) is 48.9 Å². The Morgan fingerprint density at radius 3 is 2.21 bits per heavy atom. The van der Waals surface area contributed by atoms with Crippen LogP contribution in [0.4, 0.5) is 5.69 Å². The minimum atomic E-state index is -3.58. The van der Waals surface area contributed by atoms with Crippen molar-refractivity contribution >= 4 is 39.1 Å². The van der Waals surface area contributed by atoms with E-state index in [-0.39, 0.29) is 43.7 Å². The lowest BCUT2D eigenvalue weighted by Gasteiger charge is -2.32. The SMILES string of the molecule is Cc1ccc(N(CCCC(=O)N(Cc2cccc(Cl)c2)[C@H](Cc2ccccc2)C(=O)NCC(C)C)S(C)(=O)=O)cc1C. The second-order valence-corrected chi connectivity index (χ2v) is 13.5. The molecule has 1 atom stereocenters. The summed E-state index contributed by atoms with van der Waals surface area (Å²) in [6, 6.07) is 21.6. The van der Waals surface area contributed by atoms with Gasteiger partial charge in [-0.3, -0.25) is 13.9 Å². The zero-order valence-electron chi connectivity index (χ0n) is 25.1. The van der Waals surface area contributed by atoms with E-state index >= 15 is 0 Å². The predicted molar refractivity (Wildman–Crippen MR) is 171 cm³/mol. The maximum absolute atomic E-state index is 13.9. The maximum atomic E-state index is 13.9. The molecular formula is C33H42ClN3O4S. The second kappa shape index (κ2) is 15.2. The third kappa shape index (κ3) is 9.88. The highest BCUT2D eigenvalue weighted by Crippen LogP contribution is 2.23. The van der Waals surface area contributed by atoms with Crippen LogP contribution in [0.3, 0.4) is 0 Å². The van der Waals surface area contributed by atoms with Gasteiger partial charge in [0.05, 0.1) is 11.9 Å². The average Bonchev–Trinajstić information content (AvgIpc) is 2.93. The summed E-state index contributed by atoms with van der Waals surface area (Å²) in [6.45, 7) is 8.77. The lowest BCUT2D eigenvalue weighted by atomic mass is 10.0. The molecule has 3 aromatic carbocycles. The number of sulfonamides is 1. The molecule has 9 heteroatoms. The molecule has 0 aliphatic rings. The molecule has 1 N–H and O–H groups in total. The average molecular weight is 612 g/mol. The maximum Gasteiger partial charge on any atom is 0.243 e. The van der Waals surface area contributed by atoms with Crippen LogP contribution < -0.4 is 9.62 Å². The lowest BCUT2D eigenvalue weighted by Crippen LogP contribution is -2.51. The molecule has 226 valence electrons. The van der Waals surface area contributed by atoms with Gasteiger partial charge < -0.3 is 10.2 Å². The van der Waals surface area contributed by atoms with Crippen molar-refractivity contribution < 1.29 is 18.0 Å². The first-order chi connectivity index (χ1) is 19.8. The number of halogens is 1. The summed E-state index contributed by atoms with van der Waals surface area (Å²) in [4.78, 5) is 29.1. The Morgan fingerprint density at radius 2 is 1.60 bits per heavy atom. The highest BCUT2D eigenvalue weighted by molar-refractivity contribution is 7.92. The first-order valence-corrected chi connectivity index (χ1v) is 16.5. The molecule has 0 radical (unpaired) electrons. The molecule has 0 aliphatic carbocycles. The van der Waals surface area contributed by atoms with Gasteiger partial charge >= 0.3 is 0 Å². The molecule has 0 aliphatic heterocycles. The smallest absolute Gasteiger partial charge is 0.243 e. The van der Waals surface area contributed by atoms with Gasteiger partial charge in [0.1, 0.15) is 6.04 Å². The molecule has 0 bridgehead atoms. The monoisotopic (exact) mass is 611 g/mol. The van der Waals surface area contributed by atoms with Crippen molar-refractivity contribution in [3.8, 4) is 0 Å². The molecule has 7 nitrogen and oxygen atoms in total. The molecular weight excluding hydrogens is 570 g/mol. The summed E-state index contributed by atoms with van der Waals surface area (Å²) in [6.07, 6.45) is 1.87. The molecule has 3 aromatic rings. The summed E-state index contributed by atoms with van der Waals surface area (Å²) >= 11 is 6.26. The lowest BCUT2D eigenvalue weighted by molar-refractivity contribution is -0.141. The molecule has 0 fully saturated rings. The van der Waals surface area contributed by atoms with Crippen molar-refractivity contribution in [3.05, 3.63) is 100 Å². The number of carbonyl (C=O) groups is 2. The highest BCUT2D eigenvalue weighted by Gasteiger charge is 2.30. The molecule has 0 spiro atoms. The Labute approximate surface area is 255 Å². The second-order valence-electron chi connectivity index (χ2n) is 11.2. The van der Waals surface area contributed by atoms with Crippen molar-refractivity contribution in [1.82, 2.24) is 10.2 Å². The summed E-state index contributed by atoms with van der Waals surface area (Å²) in [5.41, 5.74) is 4.36. The number of nitrogens with one attached hydrogen (secondary N) is 1. The van der Waals surface area contributed by atoms with Crippen LogP contribution in [0.2, 0.25) is 5.02 Å². The third-order valence-corrected chi connectivity index (χ3v) is 8.56. The molecule has 3 rings (SSSR count). The number of hydrogen-bond acceptors (Lipinski definition) is 4. The first kappa shape index (κ1) is 33.1. The number of benzene rings is 3. The summed E-state index contributed by atoms with van der Waals surface area (Å²) < 4.78 is 26.7. The highest BCUT2D eigenvalue weighted by atomic mass is 35.5. The van der Waals surface area contributed by atoms with E-state index in [1.165, 1.54) is 10.6 Å². The van der Waals surface area contributed by atoms with Gasteiger partial charge in [0.15, 0.2) is 0 Å². The molecule has 42 heavy (non-hydrogen) atoms. The van der Waals surface area contributed by atoms with Crippen molar-refractivity contribution in [1.29, 1.82) is 0 Å².